The number of nitrogens with zero attached hydrogens (tertiary/aromatic N) is 2. The maximum Gasteiger partial charge on any atom is 0.416 e. The second-order valence-corrected chi connectivity index (χ2v) is 6.26. The van der Waals surface area contributed by atoms with E-state index in [1.165, 1.54) is 11.8 Å². The van der Waals surface area contributed by atoms with Crippen LogP contribution in [-0.2, 0) is 15.8 Å². The van der Waals surface area contributed by atoms with Gasteiger partial charge in [0, 0.05) is 25.1 Å². The lowest BCUT2D eigenvalue weighted by Gasteiger charge is -2.19. The molecule has 1 atom stereocenters. The molecule has 1 unspecified atom stereocenters. The van der Waals surface area contributed by atoms with Gasteiger partial charge in [-0.05, 0) is 18.2 Å². The van der Waals surface area contributed by atoms with Gasteiger partial charge in [-0.15, -0.1) is 0 Å². The molecule has 0 aromatic heterocycles. The van der Waals surface area contributed by atoms with Crippen LogP contribution in [0, 0.1) is 11.3 Å². The van der Waals surface area contributed by atoms with Crippen LogP contribution in [0.1, 0.15) is 24.5 Å². The fourth-order valence-corrected chi connectivity index (χ4v) is 3.18. The summed E-state index contributed by atoms with van der Waals surface area (Å²) in [4.78, 5) is 24.3. The number of rotatable bonds is 2. The summed E-state index contributed by atoms with van der Waals surface area (Å²) in [5, 5.41) is 8.67. The molecule has 1 heterocycles. The van der Waals surface area contributed by atoms with Crippen molar-refractivity contribution in [2.24, 2.45) is 0 Å². The first kappa shape index (κ1) is 16.4. The molecule has 1 amide bonds. The van der Waals surface area contributed by atoms with Crippen LogP contribution in [0.4, 0.5) is 18.9 Å². The maximum atomic E-state index is 12.7. The molecule has 1 aliphatic rings. The maximum absolute atomic E-state index is 12.7. The lowest BCUT2D eigenvalue weighted by molar-refractivity contribution is -0.137. The third-order valence-corrected chi connectivity index (χ3v) is 4.14. The van der Waals surface area contributed by atoms with E-state index in [1.807, 2.05) is 0 Å². The second-order valence-electron chi connectivity index (χ2n) is 4.78. The Morgan fingerprint density at radius 1 is 1.45 bits per heavy atom. The van der Waals surface area contributed by atoms with Crippen molar-refractivity contribution < 1.29 is 22.8 Å². The first-order valence-electron chi connectivity index (χ1n) is 6.31. The van der Waals surface area contributed by atoms with Crippen molar-refractivity contribution in [3.05, 3.63) is 29.3 Å². The molecule has 0 N–H and O–H groups in total. The van der Waals surface area contributed by atoms with Gasteiger partial charge in [-0.3, -0.25) is 9.59 Å². The quantitative estimate of drug-likeness (QED) is 0.837. The summed E-state index contributed by atoms with van der Waals surface area (Å²) in [6.07, 6.45) is -4.43. The number of nitriles is 1. The Morgan fingerprint density at radius 2 is 2.14 bits per heavy atom. The summed E-state index contributed by atoms with van der Waals surface area (Å²) < 4.78 is 38.0. The molecule has 4 nitrogen and oxygen atoms in total. The Bertz CT molecular complexity index is 667. The number of halogens is 3. The van der Waals surface area contributed by atoms with E-state index in [0.717, 1.165) is 30.0 Å². The number of alkyl halides is 3. The monoisotopic (exact) mass is 328 g/mol. The van der Waals surface area contributed by atoms with Crippen molar-refractivity contribution in [3.63, 3.8) is 0 Å². The molecule has 1 aromatic rings. The van der Waals surface area contributed by atoms with E-state index >= 15 is 0 Å². The zero-order valence-corrected chi connectivity index (χ0v) is 12.3. The van der Waals surface area contributed by atoms with Crippen LogP contribution in [-0.4, -0.2) is 22.8 Å². The van der Waals surface area contributed by atoms with Crippen LogP contribution in [0.3, 0.4) is 0 Å². The van der Waals surface area contributed by atoms with Crippen molar-refractivity contribution in [2.75, 3.05) is 11.4 Å². The van der Waals surface area contributed by atoms with E-state index in [0.29, 0.717) is 0 Å². The number of thioether (sulfide) groups is 1. The number of carbonyl (C=O) groups excluding carboxylic acids is 2. The molecule has 22 heavy (non-hydrogen) atoms. The van der Waals surface area contributed by atoms with Gasteiger partial charge in [-0.25, -0.2) is 0 Å². The van der Waals surface area contributed by atoms with Crippen LogP contribution in [0.2, 0.25) is 0 Å². The van der Waals surface area contributed by atoms with Crippen LogP contribution in [0.25, 0.3) is 0 Å². The Morgan fingerprint density at radius 3 is 2.68 bits per heavy atom. The Labute approximate surface area is 128 Å². The molecule has 8 heteroatoms. The van der Waals surface area contributed by atoms with Gasteiger partial charge >= 0.3 is 6.18 Å². The minimum absolute atomic E-state index is 0.121. The van der Waals surface area contributed by atoms with Gasteiger partial charge in [0.1, 0.15) is 6.07 Å². The van der Waals surface area contributed by atoms with E-state index in [-0.39, 0.29) is 40.5 Å². The number of hydrogen-bond acceptors (Lipinski definition) is 4. The lowest BCUT2D eigenvalue weighted by atomic mass is 10.1. The highest BCUT2D eigenvalue weighted by Gasteiger charge is 2.35. The average Bonchev–Trinajstić information content (AvgIpc) is 2.76. The van der Waals surface area contributed by atoms with Crippen molar-refractivity contribution in [3.8, 4) is 6.07 Å². The number of anilines is 1. The molecule has 0 spiro atoms. The summed E-state index contributed by atoms with van der Waals surface area (Å²) in [5.74, 6) is -0.310. The van der Waals surface area contributed by atoms with Crippen molar-refractivity contribution >= 4 is 28.5 Å². The highest BCUT2D eigenvalue weighted by molar-refractivity contribution is 8.14. The van der Waals surface area contributed by atoms with Gasteiger partial charge in [-0.1, -0.05) is 11.8 Å². The molecule has 2 rings (SSSR count). The fourth-order valence-electron chi connectivity index (χ4n) is 2.26. The molecule has 116 valence electrons. The molecule has 0 aliphatic carbocycles. The Kier molecular flexibility index (Phi) is 4.47. The number of amides is 1. The van der Waals surface area contributed by atoms with Gasteiger partial charge in [0.25, 0.3) is 0 Å². The molecular weight excluding hydrogens is 317 g/mol. The van der Waals surface area contributed by atoms with E-state index in [4.69, 9.17) is 5.26 Å². The second kappa shape index (κ2) is 6.01. The van der Waals surface area contributed by atoms with Crippen LogP contribution >= 0.6 is 11.8 Å². The largest absolute Gasteiger partial charge is 0.416 e. The summed E-state index contributed by atoms with van der Waals surface area (Å²) >= 11 is 1.02. The zero-order valence-electron chi connectivity index (χ0n) is 11.5. The Hall–Kier alpha value is -2.01. The highest BCUT2D eigenvalue weighted by Crippen LogP contribution is 2.35. The summed E-state index contributed by atoms with van der Waals surface area (Å²) in [6.45, 7) is 1.58. The zero-order chi connectivity index (χ0) is 16.5. The summed E-state index contributed by atoms with van der Waals surface area (Å²) in [7, 11) is 0. The summed E-state index contributed by atoms with van der Waals surface area (Å²) in [6, 6.07) is 4.39. The Balaban J connectivity index is 2.31. The molecule has 0 saturated carbocycles. The molecule has 0 bridgehead atoms. The average molecular weight is 328 g/mol. The van der Waals surface area contributed by atoms with Crippen molar-refractivity contribution in [2.45, 2.75) is 24.8 Å². The van der Waals surface area contributed by atoms with Crippen molar-refractivity contribution in [1.29, 1.82) is 5.26 Å². The predicted octanol–water partition coefficient (Wildman–Crippen LogP) is 2.96. The fraction of sp³-hybridized carbons (Fsp3) is 0.357. The number of hydrogen-bond donors (Lipinski definition) is 0. The van der Waals surface area contributed by atoms with Gasteiger partial charge in [0.15, 0.2) is 5.12 Å². The van der Waals surface area contributed by atoms with E-state index in [1.54, 1.807) is 6.07 Å². The minimum atomic E-state index is -4.55. The molecule has 1 aromatic carbocycles. The van der Waals surface area contributed by atoms with Gasteiger partial charge < -0.3 is 4.90 Å². The topological polar surface area (TPSA) is 61.2 Å². The molecule has 1 aliphatic heterocycles. The molecule has 1 saturated heterocycles. The highest BCUT2D eigenvalue weighted by atomic mass is 32.2. The SMILES string of the molecule is CC(=O)SC1CC(=O)N(c2ccc(C(F)(F)F)cc2C#N)C1. The first-order valence-corrected chi connectivity index (χ1v) is 7.19. The normalized spacial score (nSPS) is 18.4. The number of carbonyl (C=O) groups is 2. The standard InChI is InChI=1S/C14H11F3N2O2S/c1-8(20)22-11-5-13(21)19(7-11)12-3-2-10(14(15,16)17)4-9(12)6-18/h2-4,11H,5,7H2,1H3. The molecule has 1 fully saturated rings. The van der Waals surface area contributed by atoms with Gasteiger partial charge in [-0.2, -0.15) is 18.4 Å². The van der Waals surface area contributed by atoms with E-state index < -0.39 is 11.7 Å². The smallest absolute Gasteiger partial charge is 0.310 e. The predicted molar refractivity (Wildman–Crippen MR) is 75.2 cm³/mol. The molecule has 0 radical (unpaired) electrons. The van der Waals surface area contributed by atoms with Crippen LogP contribution in [0.15, 0.2) is 18.2 Å². The van der Waals surface area contributed by atoms with Crippen LogP contribution < -0.4 is 4.90 Å². The minimum Gasteiger partial charge on any atom is -0.310 e. The van der Waals surface area contributed by atoms with E-state index in [9.17, 15) is 22.8 Å². The van der Waals surface area contributed by atoms with E-state index in [2.05, 4.69) is 0 Å². The van der Waals surface area contributed by atoms with Gasteiger partial charge in [0.2, 0.25) is 5.91 Å². The summed E-state index contributed by atoms with van der Waals surface area (Å²) in [5.41, 5.74) is -1.00. The first-order chi connectivity index (χ1) is 10.2. The van der Waals surface area contributed by atoms with Crippen LogP contribution in [0.5, 0.6) is 0 Å². The third kappa shape index (κ3) is 3.42. The number of benzene rings is 1. The van der Waals surface area contributed by atoms with Gasteiger partial charge in [0.05, 0.1) is 16.8 Å². The van der Waals surface area contributed by atoms with Crippen molar-refractivity contribution in [1.82, 2.24) is 0 Å². The lowest BCUT2D eigenvalue weighted by Crippen LogP contribution is -2.26. The third-order valence-electron chi connectivity index (χ3n) is 3.16. The molecular formula is C14H11F3N2O2S.